The van der Waals surface area contributed by atoms with Crippen LogP contribution in [0.25, 0.3) is 11.1 Å². The number of carbonyl (C=O) groups is 1. The third-order valence-electron chi connectivity index (χ3n) is 3.35. The predicted octanol–water partition coefficient (Wildman–Crippen LogP) is 4.70. The largest absolute Gasteiger partial charge is 0.510 e. The van der Waals surface area contributed by atoms with E-state index in [0.717, 1.165) is 5.56 Å². The van der Waals surface area contributed by atoms with Crippen molar-refractivity contribution in [3.8, 4) is 11.1 Å². The normalized spacial score (nSPS) is 11.9. The Hall–Kier alpha value is -3.55. The topological polar surface area (TPSA) is 114 Å². The van der Waals surface area contributed by atoms with E-state index in [1.807, 2.05) is 30.3 Å². The molecule has 0 atom stereocenters. The third-order valence-corrected chi connectivity index (χ3v) is 3.35. The molecule has 0 saturated heterocycles. The summed E-state index contributed by atoms with van der Waals surface area (Å²) in [5.41, 5.74) is 0.744. The number of nitrogens with zero attached hydrogens (tertiary/aromatic N) is 3. The summed E-state index contributed by atoms with van der Waals surface area (Å²) in [7, 11) is 0. The van der Waals surface area contributed by atoms with E-state index in [-0.39, 0.29) is 18.0 Å². The third kappa shape index (κ3) is 4.50. The molecule has 2 aromatic carbocycles. The van der Waals surface area contributed by atoms with Crippen LogP contribution in [0.2, 0.25) is 0 Å². The van der Waals surface area contributed by atoms with Crippen molar-refractivity contribution in [3.63, 3.8) is 0 Å². The number of hydrogen-bond acceptors (Lipinski definition) is 7. The highest BCUT2D eigenvalue weighted by molar-refractivity contribution is 5.88. The van der Waals surface area contributed by atoms with Gasteiger partial charge in [-0.25, -0.2) is 4.79 Å². The quantitative estimate of drug-likeness (QED) is 0.201. The molecule has 8 nitrogen and oxygen atoms in total. The fraction of sp³-hybridized carbons (Fsp3) is 0.167. The van der Waals surface area contributed by atoms with Crippen LogP contribution in [0, 0.1) is 10.1 Å². The first-order chi connectivity index (χ1) is 12.4. The molecule has 0 aliphatic carbocycles. The van der Waals surface area contributed by atoms with Crippen LogP contribution in [0.1, 0.15) is 13.8 Å². The molecule has 0 saturated carbocycles. The number of nitro benzene ring substituents is 1. The zero-order valence-electron chi connectivity index (χ0n) is 14.2. The monoisotopic (exact) mass is 355 g/mol. The second-order valence-electron chi connectivity index (χ2n) is 5.18. The van der Waals surface area contributed by atoms with Gasteiger partial charge in [0.1, 0.15) is 5.76 Å². The van der Waals surface area contributed by atoms with E-state index in [2.05, 4.69) is 10.2 Å². The number of allylic oxidation sites excluding steroid dienone is 1. The molecule has 0 aliphatic heterocycles. The molecule has 2 rings (SSSR count). The molecule has 0 unspecified atom stereocenters. The number of hydrogen-bond donors (Lipinski definition) is 1. The van der Waals surface area contributed by atoms with Gasteiger partial charge in [-0.1, -0.05) is 36.4 Å². The zero-order valence-corrected chi connectivity index (χ0v) is 14.2. The van der Waals surface area contributed by atoms with E-state index in [0.29, 0.717) is 5.56 Å². The number of nitro groups is 1. The van der Waals surface area contributed by atoms with Crippen LogP contribution in [0.4, 0.5) is 11.4 Å². The first-order valence-electron chi connectivity index (χ1n) is 7.76. The van der Waals surface area contributed by atoms with Crippen molar-refractivity contribution in [1.29, 1.82) is 0 Å². The molecule has 0 spiro atoms. The van der Waals surface area contributed by atoms with Crippen molar-refractivity contribution in [2.45, 2.75) is 13.8 Å². The molecule has 2 aromatic rings. The Balaban J connectivity index is 2.42. The first kappa shape index (κ1) is 18.8. The number of aliphatic hydroxyl groups excluding tert-OH is 1. The van der Waals surface area contributed by atoms with Gasteiger partial charge in [-0.05, 0) is 31.0 Å². The molecule has 0 radical (unpaired) electrons. The van der Waals surface area contributed by atoms with Crippen molar-refractivity contribution < 1.29 is 19.6 Å². The first-order valence-corrected chi connectivity index (χ1v) is 7.76. The lowest BCUT2D eigenvalue weighted by molar-refractivity contribution is -0.384. The van der Waals surface area contributed by atoms with E-state index in [1.54, 1.807) is 13.0 Å². The van der Waals surface area contributed by atoms with E-state index >= 15 is 0 Å². The Labute approximate surface area is 149 Å². The highest BCUT2D eigenvalue weighted by atomic mass is 16.6. The van der Waals surface area contributed by atoms with Gasteiger partial charge in [0, 0.05) is 6.07 Å². The molecule has 1 N–H and O–H groups in total. The van der Waals surface area contributed by atoms with Crippen molar-refractivity contribution in [1.82, 2.24) is 0 Å². The Morgan fingerprint density at radius 1 is 1.19 bits per heavy atom. The summed E-state index contributed by atoms with van der Waals surface area (Å²) in [4.78, 5) is 22.5. The number of esters is 1. The van der Waals surface area contributed by atoms with E-state index in [4.69, 9.17) is 4.74 Å². The van der Waals surface area contributed by atoms with Crippen molar-refractivity contribution in [3.05, 3.63) is 70.1 Å². The van der Waals surface area contributed by atoms with Gasteiger partial charge in [-0.15, -0.1) is 10.2 Å². The Bertz CT molecular complexity index is 872. The number of carbonyl (C=O) groups excluding carboxylic acids is 1. The number of aliphatic hydroxyl groups is 1. The van der Waals surface area contributed by atoms with Crippen LogP contribution in [-0.4, -0.2) is 22.6 Å². The van der Waals surface area contributed by atoms with Gasteiger partial charge in [-0.3, -0.25) is 10.1 Å². The summed E-state index contributed by atoms with van der Waals surface area (Å²) in [6.07, 6.45) is 0. The van der Waals surface area contributed by atoms with Gasteiger partial charge in [-0.2, -0.15) is 0 Å². The molecule has 0 amide bonds. The highest BCUT2D eigenvalue weighted by Crippen LogP contribution is 2.33. The second-order valence-corrected chi connectivity index (χ2v) is 5.18. The fourth-order valence-corrected chi connectivity index (χ4v) is 2.13. The maximum absolute atomic E-state index is 11.7. The zero-order chi connectivity index (χ0) is 19.1. The van der Waals surface area contributed by atoms with Gasteiger partial charge in [0.25, 0.3) is 5.69 Å². The molecule has 0 fully saturated rings. The van der Waals surface area contributed by atoms with Gasteiger partial charge in [0.2, 0.25) is 5.70 Å². The lowest BCUT2D eigenvalue weighted by atomic mass is 10.0. The minimum Gasteiger partial charge on any atom is -0.510 e. The maximum Gasteiger partial charge on any atom is 0.362 e. The molecular weight excluding hydrogens is 338 g/mol. The minimum absolute atomic E-state index is 0.0438. The number of benzene rings is 2. The van der Waals surface area contributed by atoms with Crippen LogP contribution in [-0.2, 0) is 9.53 Å². The number of rotatable bonds is 6. The molecule has 0 heterocycles. The summed E-state index contributed by atoms with van der Waals surface area (Å²) < 4.78 is 4.76. The van der Waals surface area contributed by atoms with Gasteiger partial charge >= 0.3 is 5.97 Å². The van der Waals surface area contributed by atoms with Crippen LogP contribution >= 0.6 is 0 Å². The van der Waals surface area contributed by atoms with E-state index < -0.39 is 22.3 Å². The van der Waals surface area contributed by atoms with Crippen molar-refractivity contribution in [2.75, 3.05) is 6.61 Å². The standard InChI is InChI=1S/C18H17N3O5/c1-3-26-18(23)17(12(2)22)20-19-15-10-9-14(11-16(15)21(24)25)13-7-5-4-6-8-13/h4-11,22H,3H2,1-2H3. The smallest absolute Gasteiger partial charge is 0.362 e. The molecule has 0 aromatic heterocycles. The second kappa shape index (κ2) is 8.52. The summed E-state index contributed by atoms with van der Waals surface area (Å²) in [5.74, 6) is -1.25. The Kier molecular flexibility index (Phi) is 6.15. The number of ether oxygens (including phenoxy) is 1. The van der Waals surface area contributed by atoms with Crippen LogP contribution in [0.5, 0.6) is 0 Å². The SMILES string of the molecule is CCOC(=O)C(N=Nc1ccc(-c2ccccc2)cc1[N+](=O)[O-])=C(C)O. The lowest BCUT2D eigenvalue weighted by Gasteiger charge is -2.04. The molecule has 26 heavy (non-hydrogen) atoms. The van der Waals surface area contributed by atoms with Crippen molar-refractivity contribution >= 4 is 17.3 Å². The summed E-state index contributed by atoms with van der Waals surface area (Å²) in [6.45, 7) is 2.95. The molecule has 8 heteroatoms. The average Bonchev–Trinajstić information content (AvgIpc) is 2.62. The van der Waals surface area contributed by atoms with Crippen molar-refractivity contribution in [2.24, 2.45) is 10.2 Å². The predicted molar refractivity (Wildman–Crippen MR) is 95.0 cm³/mol. The average molecular weight is 355 g/mol. The summed E-state index contributed by atoms with van der Waals surface area (Å²) in [5, 5.41) is 28.3. The maximum atomic E-state index is 11.7. The van der Waals surface area contributed by atoms with Crippen LogP contribution in [0.15, 0.2) is 70.2 Å². The van der Waals surface area contributed by atoms with Gasteiger partial charge in [0.15, 0.2) is 5.69 Å². The van der Waals surface area contributed by atoms with E-state index in [1.165, 1.54) is 19.1 Å². The molecule has 0 bridgehead atoms. The fourth-order valence-electron chi connectivity index (χ4n) is 2.13. The van der Waals surface area contributed by atoms with Crippen LogP contribution in [0.3, 0.4) is 0 Å². The van der Waals surface area contributed by atoms with Gasteiger partial charge in [0.05, 0.1) is 11.5 Å². The Morgan fingerprint density at radius 3 is 2.46 bits per heavy atom. The molecule has 134 valence electrons. The Morgan fingerprint density at radius 2 is 1.88 bits per heavy atom. The summed E-state index contributed by atoms with van der Waals surface area (Å²) >= 11 is 0. The number of azo groups is 1. The summed E-state index contributed by atoms with van der Waals surface area (Å²) in [6, 6.07) is 13.6. The van der Waals surface area contributed by atoms with E-state index in [9.17, 15) is 20.0 Å². The highest BCUT2D eigenvalue weighted by Gasteiger charge is 2.18. The molecule has 0 aliphatic rings. The van der Waals surface area contributed by atoms with Crippen LogP contribution < -0.4 is 0 Å². The van der Waals surface area contributed by atoms with Gasteiger partial charge < -0.3 is 9.84 Å². The minimum atomic E-state index is -0.861. The molecular formula is C18H17N3O5. The lowest BCUT2D eigenvalue weighted by Crippen LogP contribution is -2.07.